The van der Waals surface area contributed by atoms with Gasteiger partial charge >= 0.3 is 0 Å². The molecule has 1 aliphatic rings. The number of hydrogen-bond donors (Lipinski definition) is 3. The second kappa shape index (κ2) is 8.33. The molecule has 1 amide bonds. The van der Waals surface area contributed by atoms with Gasteiger partial charge in [-0.1, -0.05) is 0 Å². The van der Waals surface area contributed by atoms with Gasteiger partial charge in [0.15, 0.2) is 0 Å². The molecule has 0 aromatic carbocycles. The SMILES string of the molecule is CC(N)CCNC(=O)CCSCc1nc2sc3c(c2c(=O)[nH]1)CCC3. The average Bonchev–Trinajstić information content (AvgIpc) is 3.11. The molecule has 0 saturated heterocycles. The summed E-state index contributed by atoms with van der Waals surface area (Å²) in [4.78, 5) is 33.8. The Hall–Kier alpha value is -1.38. The van der Waals surface area contributed by atoms with E-state index in [0.29, 0.717) is 30.3 Å². The van der Waals surface area contributed by atoms with E-state index in [1.54, 1.807) is 23.1 Å². The smallest absolute Gasteiger partial charge is 0.259 e. The summed E-state index contributed by atoms with van der Waals surface area (Å²) in [5.74, 6) is 2.05. The molecular formula is C17H24N4O2S2. The van der Waals surface area contributed by atoms with E-state index < -0.39 is 0 Å². The van der Waals surface area contributed by atoms with E-state index in [1.165, 1.54) is 10.4 Å². The van der Waals surface area contributed by atoms with Crippen LogP contribution in [0.2, 0.25) is 0 Å². The number of aromatic amines is 1. The molecule has 136 valence electrons. The van der Waals surface area contributed by atoms with Gasteiger partial charge in [0.2, 0.25) is 5.91 Å². The highest BCUT2D eigenvalue weighted by molar-refractivity contribution is 7.98. The van der Waals surface area contributed by atoms with Gasteiger partial charge in [0, 0.05) is 29.6 Å². The van der Waals surface area contributed by atoms with E-state index in [4.69, 9.17) is 5.73 Å². The number of carbonyl (C=O) groups is 1. The summed E-state index contributed by atoms with van der Waals surface area (Å²) in [5, 5.41) is 3.66. The number of carbonyl (C=O) groups excluding carboxylic acids is 1. The van der Waals surface area contributed by atoms with E-state index in [9.17, 15) is 9.59 Å². The van der Waals surface area contributed by atoms with E-state index in [1.807, 2.05) is 6.92 Å². The Morgan fingerprint density at radius 3 is 3.12 bits per heavy atom. The van der Waals surface area contributed by atoms with Crippen molar-refractivity contribution in [3.8, 4) is 0 Å². The molecule has 2 heterocycles. The van der Waals surface area contributed by atoms with Gasteiger partial charge in [0.05, 0.1) is 11.1 Å². The monoisotopic (exact) mass is 380 g/mol. The molecule has 1 unspecified atom stereocenters. The summed E-state index contributed by atoms with van der Waals surface area (Å²) in [6.45, 7) is 2.55. The number of nitrogens with one attached hydrogen (secondary N) is 2. The standard InChI is InChI=1S/C17H24N4O2S2/c1-10(18)5-7-19-14(22)6-8-24-9-13-20-16(23)15-11-3-2-4-12(11)25-17(15)21-13/h10H,2-9,18H2,1H3,(H,19,22)(H,20,21,23). The average molecular weight is 381 g/mol. The molecule has 0 spiro atoms. The highest BCUT2D eigenvalue weighted by atomic mass is 32.2. The first-order valence-electron chi connectivity index (χ1n) is 8.68. The fourth-order valence-corrected chi connectivity index (χ4v) is 5.06. The molecule has 0 radical (unpaired) electrons. The molecule has 6 nitrogen and oxygen atoms in total. The van der Waals surface area contributed by atoms with E-state index in [-0.39, 0.29) is 17.5 Å². The molecule has 2 aromatic heterocycles. The first kappa shape index (κ1) is 18.4. The van der Waals surface area contributed by atoms with Gasteiger partial charge in [-0.3, -0.25) is 9.59 Å². The summed E-state index contributed by atoms with van der Waals surface area (Å²) in [7, 11) is 0. The molecule has 25 heavy (non-hydrogen) atoms. The predicted octanol–water partition coefficient (Wildman–Crippen LogP) is 1.95. The maximum atomic E-state index is 12.4. The number of hydrogen-bond acceptors (Lipinski definition) is 6. The van der Waals surface area contributed by atoms with Crippen LogP contribution >= 0.6 is 23.1 Å². The van der Waals surface area contributed by atoms with E-state index in [0.717, 1.165) is 35.9 Å². The normalized spacial score (nSPS) is 14.6. The summed E-state index contributed by atoms with van der Waals surface area (Å²) in [6.07, 6.45) is 4.45. The zero-order chi connectivity index (χ0) is 17.8. The van der Waals surface area contributed by atoms with Gasteiger partial charge in [-0.15, -0.1) is 11.3 Å². The molecule has 0 fully saturated rings. The maximum Gasteiger partial charge on any atom is 0.259 e. The fraction of sp³-hybridized carbons (Fsp3) is 0.588. The number of nitrogens with zero attached hydrogens (tertiary/aromatic N) is 1. The largest absolute Gasteiger partial charge is 0.356 e. The Balaban J connectivity index is 1.49. The number of nitrogens with two attached hydrogens (primary N) is 1. The van der Waals surface area contributed by atoms with Crippen LogP contribution in [-0.2, 0) is 23.4 Å². The number of thioether (sulfide) groups is 1. The minimum Gasteiger partial charge on any atom is -0.356 e. The lowest BCUT2D eigenvalue weighted by molar-refractivity contribution is -0.120. The summed E-state index contributed by atoms with van der Waals surface area (Å²) < 4.78 is 0. The van der Waals surface area contributed by atoms with Crippen molar-refractivity contribution in [2.75, 3.05) is 12.3 Å². The van der Waals surface area contributed by atoms with Crippen LogP contribution in [0, 0.1) is 0 Å². The van der Waals surface area contributed by atoms with Crippen molar-refractivity contribution in [1.82, 2.24) is 15.3 Å². The number of aryl methyl sites for hydroxylation is 2. The quantitative estimate of drug-likeness (QED) is 0.608. The highest BCUT2D eigenvalue weighted by Gasteiger charge is 2.20. The minimum absolute atomic E-state index is 0.0198. The van der Waals surface area contributed by atoms with Crippen molar-refractivity contribution >= 4 is 39.2 Å². The Labute approximate surface area is 155 Å². The Kier molecular flexibility index (Phi) is 6.14. The zero-order valence-corrected chi connectivity index (χ0v) is 16.0. The first-order chi connectivity index (χ1) is 12.0. The van der Waals surface area contributed by atoms with Crippen molar-refractivity contribution in [1.29, 1.82) is 0 Å². The van der Waals surface area contributed by atoms with Crippen molar-refractivity contribution in [3.05, 3.63) is 26.6 Å². The van der Waals surface area contributed by atoms with Crippen molar-refractivity contribution in [2.45, 2.75) is 50.8 Å². The van der Waals surface area contributed by atoms with Crippen LogP contribution in [0.5, 0.6) is 0 Å². The third-order valence-corrected chi connectivity index (χ3v) is 6.41. The Bertz CT molecular complexity index is 813. The van der Waals surface area contributed by atoms with Crippen LogP contribution in [0.25, 0.3) is 10.2 Å². The fourth-order valence-electron chi connectivity index (χ4n) is 2.98. The second-order valence-electron chi connectivity index (χ2n) is 6.47. The lowest BCUT2D eigenvalue weighted by Gasteiger charge is -2.07. The predicted molar refractivity (Wildman–Crippen MR) is 104 cm³/mol. The van der Waals surface area contributed by atoms with Crippen molar-refractivity contribution < 1.29 is 4.79 Å². The van der Waals surface area contributed by atoms with Crippen LogP contribution in [0.15, 0.2) is 4.79 Å². The molecule has 1 aliphatic carbocycles. The van der Waals surface area contributed by atoms with Crippen LogP contribution in [0.1, 0.15) is 42.5 Å². The van der Waals surface area contributed by atoms with Crippen molar-refractivity contribution in [2.24, 2.45) is 5.73 Å². The minimum atomic E-state index is -0.0198. The summed E-state index contributed by atoms with van der Waals surface area (Å²) >= 11 is 3.26. The van der Waals surface area contributed by atoms with Gasteiger partial charge in [-0.25, -0.2) is 4.98 Å². The van der Waals surface area contributed by atoms with Gasteiger partial charge in [-0.2, -0.15) is 11.8 Å². The van der Waals surface area contributed by atoms with Crippen LogP contribution < -0.4 is 16.6 Å². The molecular weight excluding hydrogens is 356 g/mol. The number of aromatic nitrogens is 2. The molecule has 2 aromatic rings. The number of thiophene rings is 1. The molecule has 3 rings (SSSR count). The number of amides is 1. The second-order valence-corrected chi connectivity index (χ2v) is 8.66. The van der Waals surface area contributed by atoms with Crippen LogP contribution in [0.3, 0.4) is 0 Å². The third-order valence-electron chi connectivity index (χ3n) is 4.26. The number of H-pyrrole nitrogens is 1. The zero-order valence-electron chi connectivity index (χ0n) is 14.4. The molecule has 4 N–H and O–H groups in total. The Morgan fingerprint density at radius 1 is 1.48 bits per heavy atom. The van der Waals surface area contributed by atoms with E-state index in [2.05, 4.69) is 15.3 Å². The number of rotatable bonds is 8. The number of fused-ring (bicyclic) bond motifs is 3. The van der Waals surface area contributed by atoms with Crippen LogP contribution in [-0.4, -0.2) is 34.2 Å². The molecule has 1 atom stereocenters. The topological polar surface area (TPSA) is 101 Å². The maximum absolute atomic E-state index is 12.4. The summed E-state index contributed by atoms with van der Waals surface area (Å²) in [5.41, 5.74) is 6.83. The molecule has 0 bridgehead atoms. The lowest BCUT2D eigenvalue weighted by atomic mass is 10.2. The van der Waals surface area contributed by atoms with E-state index >= 15 is 0 Å². The van der Waals surface area contributed by atoms with Gasteiger partial charge in [0.25, 0.3) is 5.56 Å². The third kappa shape index (κ3) is 4.62. The van der Waals surface area contributed by atoms with Gasteiger partial charge in [-0.05, 0) is 38.2 Å². The van der Waals surface area contributed by atoms with Crippen LogP contribution in [0.4, 0.5) is 0 Å². The highest BCUT2D eigenvalue weighted by Crippen LogP contribution is 2.34. The molecule has 0 aliphatic heterocycles. The lowest BCUT2D eigenvalue weighted by Crippen LogP contribution is -2.29. The first-order valence-corrected chi connectivity index (χ1v) is 10.6. The van der Waals surface area contributed by atoms with Gasteiger partial charge in [0.1, 0.15) is 10.7 Å². The van der Waals surface area contributed by atoms with Gasteiger partial charge < -0.3 is 16.0 Å². The molecule has 0 saturated carbocycles. The summed E-state index contributed by atoms with van der Waals surface area (Å²) in [6, 6.07) is 0.103. The van der Waals surface area contributed by atoms with Crippen molar-refractivity contribution in [3.63, 3.8) is 0 Å². The Morgan fingerprint density at radius 2 is 2.32 bits per heavy atom. The molecule has 8 heteroatoms.